The first kappa shape index (κ1) is 14.2. The monoisotopic (exact) mass is 263 g/mol. The molecular weight excluding hydrogens is 241 g/mol. The Morgan fingerprint density at radius 3 is 2.74 bits per heavy atom. The maximum absolute atomic E-state index is 13.4. The second-order valence-electron chi connectivity index (χ2n) is 5.87. The zero-order valence-electron chi connectivity index (χ0n) is 11.9. The van der Waals surface area contributed by atoms with Crippen molar-refractivity contribution in [3.05, 3.63) is 35.1 Å². The Balaban J connectivity index is 1.81. The second-order valence-corrected chi connectivity index (χ2v) is 5.87. The molecule has 0 bridgehead atoms. The fraction of sp³-hybridized carbons (Fsp3) is 0.562. The van der Waals surface area contributed by atoms with Crippen LogP contribution >= 0.6 is 0 Å². The average molecular weight is 263 g/mol. The molecule has 0 radical (unpaired) electrons. The van der Waals surface area contributed by atoms with E-state index in [4.69, 9.17) is 0 Å². The standard InChI is InChI=1S/C16H22FNO/c1-11-4-5-13(9-15(11)17)16(19)6-7-18(3)10-14-8-12(14)2/h4-5,9,12,14H,6-8,10H2,1-3H3. The number of rotatable bonds is 6. The first-order valence-electron chi connectivity index (χ1n) is 6.95. The SMILES string of the molecule is Cc1ccc(C(=O)CCN(C)CC2CC2C)cc1F. The molecule has 104 valence electrons. The molecule has 1 fully saturated rings. The van der Waals surface area contributed by atoms with Gasteiger partial charge in [-0.25, -0.2) is 4.39 Å². The molecule has 3 heteroatoms. The molecule has 0 N–H and O–H groups in total. The Morgan fingerprint density at radius 1 is 1.47 bits per heavy atom. The van der Waals surface area contributed by atoms with Gasteiger partial charge in [0, 0.05) is 25.1 Å². The summed E-state index contributed by atoms with van der Waals surface area (Å²) < 4.78 is 13.4. The van der Waals surface area contributed by atoms with E-state index in [0.717, 1.165) is 24.9 Å². The number of benzene rings is 1. The number of ketones is 1. The van der Waals surface area contributed by atoms with Crippen molar-refractivity contribution in [1.29, 1.82) is 0 Å². The zero-order chi connectivity index (χ0) is 14.0. The summed E-state index contributed by atoms with van der Waals surface area (Å²) in [6, 6.07) is 4.72. The van der Waals surface area contributed by atoms with E-state index in [1.54, 1.807) is 19.1 Å². The fourth-order valence-electron chi connectivity index (χ4n) is 2.35. The second kappa shape index (κ2) is 5.83. The average Bonchev–Trinajstić information content (AvgIpc) is 3.05. The molecule has 2 unspecified atom stereocenters. The normalized spacial score (nSPS) is 21.7. The summed E-state index contributed by atoms with van der Waals surface area (Å²) in [5.74, 6) is 1.36. The molecule has 1 aliphatic rings. The third kappa shape index (κ3) is 3.87. The fourth-order valence-corrected chi connectivity index (χ4v) is 2.35. The summed E-state index contributed by atoms with van der Waals surface area (Å²) in [6.45, 7) is 5.78. The van der Waals surface area contributed by atoms with Gasteiger partial charge in [-0.2, -0.15) is 0 Å². The van der Waals surface area contributed by atoms with Crippen molar-refractivity contribution < 1.29 is 9.18 Å². The van der Waals surface area contributed by atoms with Crippen molar-refractivity contribution in [2.75, 3.05) is 20.1 Å². The molecule has 1 aromatic carbocycles. The highest BCUT2D eigenvalue weighted by molar-refractivity contribution is 5.96. The van der Waals surface area contributed by atoms with E-state index in [1.807, 2.05) is 7.05 Å². The predicted octanol–water partition coefficient (Wildman–Crippen LogP) is 3.29. The highest BCUT2D eigenvalue weighted by atomic mass is 19.1. The number of nitrogens with zero attached hydrogens (tertiary/aromatic N) is 1. The Hall–Kier alpha value is -1.22. The number of carbonyl (C=O) groups excluding carboxylic acids is 1. The van der Waals surface area contributed by atoms with Crippen molar-refractivity contribution in [2.45, 2.75) is 26.7 Å². The highest BCUT2D eigenvalue weighted by Crippen LogP contribution is 2.37. The molecule has 1 saturated carbocycles. The minimum atomic E-state index is -0.300. The molecule has 1 aromatic rings. The Labute approximate surface area is 114 Å². The quantitative estimate of drug-likeness (QED) is 0.734. The number of Topliss-reactive ketones (excluding diaryl/α,β-unsaturated/α-hetero) is 1. The minimum Gasteiger partial charge on any atom is -0.306 e. The van der Waals surface area contributed by atoms with Gasteiger partial charge in [0.1, 0.15) is 5.82 Å². The van der Waals surface area contributed by atoms with Crippen LogP contribution in [0.1, 0.15) is 35.7 Å². The molecule has 0 saturated heterocycles. The van der Waals surface area contributed by atoms with E-state index in [0.29, 0.717) is 17.5 Å². The summed E-state index contributed by atoms with van der Waals surface area (Å²) in [6.07, 6.45) is 1.77. The van der Waals surface area contributed by atoms with E-state index in [2.05, 4.69) is 11.8 Å². The lowest BCUT2D eigenvalue weighted by Gasteiger charge is -2.15. The van der Waals surface area contributed by atoms with Gasteiger partial charge < -0.3 is 4.90 Å². The van der Waals surface area contributed by atoms with Gasteiger partial charge >= 0.3 is 0 Å². The lowest BCUT2D eigenvalue weighted by Crippen LogP contribution is -2.24. The predicted molar refractivity (Wildman–Crippen MR) is 74.9 cm³/mol. The molecule has 0 heterocycles. The minimum absolute atomic E-state index is 0.0228. The summed E-state index contributed by atoms with van der Waals surface area (Å²) in [5, 5.41) is 0. The lowest BCUT2D eigenvalue weighted by molar-refractivity contribution is 0.0967. The van der Waals surface area contributed by atoms with Crippen LogP contribution < -0.4 is 0 Å². The van der Waals surface area contributed by atoms with Crippen molar-refractivity contribution in [2.24, 2.45) is 11.8 Å². The van der Waals surface area contributed by atoms with Crippen LogP contribution in [-0.2, 0) is 0 Å². The summed E-state index contributed by atoms with van der Waals surface area (Å²) in [4.78, 5) is 14.2. The smallest absolute Gasteiger partial charge is 0.164 e. The van der Waals surface area contributed by atoms with Crippen molar-refractivity contribution in [3.8, 4) is 0 Å². The maximum Gasteiger partial charge on any atom is 0.164 e. The van der Waals surface area contributed by atoms with Crippen LogP contribution in [0, 0.1) is 24.6 Å². The van der Waals surface area contributed by atoms with Gasteiger partial charge in [-0.15, -0.1) is 0 Å². The van der Waals surface area contributed by atoms with Crippen LogP contribution in [0.3, 0.4) is 0 Å². The number of carbonyl (C=O) groups is 1. The van der Waals surface area contributed by atoms with Gasteiger partial charge in [-0.1, -0.05) is 19.1 Å². The molecule has 0 aromatic heterocycles. The molecule has 19 heavy (non-hydrogen) atoms. The van der Waals surface area contributed by atoms with E-state index in [1.165, 1.54) is 12.5 Å². The lowest BCUT2D eigenvalue weighted by atomic mass is 10.1. The summed E-state index contributed by atoms with van der Waals surface area (Å²) >= 11 is 0. The number of hydrogen-bond acceptors (Lipinski definition) is 2. The molecule has 2 rings (SSSR count). The number of aryl methyl sites for hydroxylation is 1. The molecule has 1 aliphatic carbocycles. The van der Waals surface area contributed by atoms with E-state index in [9.17, 15) is 9.18 Å². The number of hydrogen-bond donors (Lipinski definition) is 0. The number of halogens is 1. The van der Waals surface area contributed by atoms with Gasteiger partial charge in [0.15, 0.2) is 5.78 Å². The molecule has 2 atom stereocenters. The largest absolute Gasteiger partial charge is 0.306 e. The van der Waals surface area contributed by atoms with Crippen LogP contribution in [-0.4, -0.2) is 30.8 Å². The molecule has 0 spiro atoms. The van der Waals surface area contributed by atoms with Gasteiger partial charge in [0.05, 0.1) is 0 Å². The van der Waals surface area contributed by atoms with Gasteiger partial charge in [-0.05, 0) is 43.9 Å². The first-order chi connectivity index (χ1) is 8.97. The topological polar surface area (TPSA) is 20.3 Å². The third-order valence-electron chi connectivity index (χ3n) is 4.04. The molecule has 0 amide bonds. The van der Waals surface area contributed by atoms with Crippen LogP contribution in [0.4, 0.5) is 4.39 Å². The highest BCUT2D eigenvalue weighted by Gasteiger charge is 2.32. The van der Waals surface area contributed by atoms with Crippen molar-refractivity contribution >= 4 is 5.78 Å². The summed E-state index contributed by atoms with van der Waals surface area (Å²) in [7, 11) is 2.05. The first-order valence-corrected chi connectivity index (χ1v) is 6.95. The molecular formula is C16H22FNO. The Bertz CT molecular complexity index is 472. The van der Waals surface area contributed by atoms with E-state index < -0.39 is 0 Å². The zero-order valence-corrected chi connectivity index (χ0v) is 11.9. The third-order valence-corrected chi connectivity index (χ3v) is 4.04. The van der Waals surface area contributed by atoms with E-state index >= 15 is 0 Å². The van der Waals surface area contributed by atoms with Crippen LogP contribution in [0.2, 0.25) is 0 Å². The van der Waals surface area contributed by atoms with Gasteiger partial charge in [-0.3, -0.25) is 4.79 Å². The Kier molecular flexibility index (Phi) is 4.35. The Morgan fingerprint density at radius 2 is 2.16 bits per heavy atom. The van der Waals surface area contributed by atoms with E-state index in [-0.39, 0.29) is 11.6 Å². The van der Waals surface area contributed by atoms with Gasteiger partial charge in [0.25, 0.3) is 0 Å². The molecule has 0 aliphatic heterocycles. The molecule has 2 nitrogen and oxygen atoms in total. The van der Waals surface area contributed by atoms with Crippen LogP contribution in [0.25, 0.3) is 0 Å². The maximum atomic E-state index is 13.4. The summed E-state index contributed by atoms with van der Waals surface area (Å²) in [5.41, 5.74) is 1.06. The van der Waals surface area contributed by atoms with Crippen LogP contribution in [0.5, 0.6) is 0 Å². The van der Waals surface area contributed by atoms with Crippen LogP contribution in [0.15, 0.2) is 18.2 Å². The van der Waals surface area contributed by atoms with Crippen molar-refractivity contribution in [1.82, 2.24) is 4.90 Å². The van der Waals surface area contributed by atoms with Gasteiger partial charge in [0.2, 0.25) is 0 Å². The van der Waals surface area contributed by atoms with Crippen molar-refractivity contribution in [3.63, 3.8) is 0 Å².